The molecule has 1 aromatic rings. The molecule has 0 aliphatic heterocycles. The fourth-order valence-electron chi connectivity index (χ4n) is 3.18. The van der Waals surface area contributed by atoms with E-state index < -0.39 is 0 Å². The highest BCUT2D eigenvalue weighted by molar-refractivity contribution is 5.18. The zero-order chi connectivity index (χ0) is 11.2. The summed E-state index contributed by atoms with van der Waals surface area (Å²) in [5, 5.41) is 0. The van der Waals surface area contributed by atoms with Gasteiger partial charge in [-0.25, -0.2) is 0 Å². The number of benzene rings is 1. The summed E-state index contributed by atoms with van der Waals surface area (Å²) in [5.74, 6) is 0.716. The van der Waals surface area contributed by atoms with E-state index in [4.69, 9.17) is 10.5 Å². The molecule has 86 valence electrons. The maximum Gasteiger partial charge on any atom is 0.0720 e. The van der Waals surface area contributed by atoms with E-state index in [1.807, 2.05) is 6.07 Å². The van der Waals surface area contributed by atoms with Crippen LogP contribution in [0.2, 0.25) is 0 Å². The van der Waals surface area contributed by atoms with Crippen molar-refractivity contribution in [1.29, 1.82) is 0 Å². The fraction of sp³-hybridized carbons (Fsp3) is 0.571. The Kier molecular flexibility index (Phi) is 2.30. The lowest BCUT2D eigenvalue weighted by molar-refractivity contribution is 0.0324. The molecule has 0 heterocycles. The minimum absolute atomic E-state index is 0.390. The molecule has 0 bridgehead atoms. The molecule has 16 heavy (non-hydrogen) atoms. The summed E-state index contributed by atoms with van der Waals surface area (Å²) in [5.41, 5.74) is 7.67. The third-order valence-corrected chi connectivity index (χ3v) is 4.45. The normalized spacial score (nSPS) is 40.8. The topological polar surface area (TPSA) is 35.2 Å². The van der Waals surface area contributed by atoms with Crippen molar-refractivity contribution >= 4 is 0 Å². The highest BCUT2D eigenvalue weighted by Gasteiger charge is 2.64. The van der Waals surface area contributed by atoms with Gasteiger partial charge in [0.1, 0.15) is 0 Å². The largest absolute Gasteiger partial charge is 0.374 e. The molecule has 2 aliphatic carbocycles. The van der Waals surface area contributed by atoms with Crippen molar-refractivity contribution < 1.29 is 4.74 Å². The Labute approximate surface area is 96.8 Å². The van der Waals surface area contributed by atoms with Crippen molar-refractivity contribution in [3.63, 3.8) is 0 Å². The van der Waals surface area contributed by atoms with E-state index in [1.54, 1.807) is 0 Å². The highest BCUT2D eigenvalue weighted by atomic mass is 16.5. The third-order valence-electron chi connectivity index (χ3n) is 4.45. The van der Waals surface area contributed by atoms with Crippen LogP contribution in [0, 0.1) is 11.3 Å². The first kappa shape index (κ1) is 10.3. The SMILES string of the molecule is CC12CC(OCc3ccccc3)CC1C2N. The zero-order valence-electron chi connectivity index (χ0n) is 9.73. The fourth-order valence-corrected chi connectivity index (χ4v) is 3.18. The second-order valence-corrected chi connectivity index (χ2v) is 5.50. The van der Waals surface area contributed by atoms with Gasteiger partial charge in [-0.15, -0.1) is 0 Å². The Morgan fingerprint density at radius 2 is 2.12 bits per heavy atom. The lowest BCUT2D eigenvalue weighted by Gasteiger charge is -2.16. The lowest BCUT2D eigenvalue weighted by atomic mass is 10.0. The van der Waals surface area contributed by atoms with Crippen LogP contribution < -0.4 is 5.73 Å². The zero-order valence-corrected chi connectivity index (χ0v) is 9.73. The number of ether oxygens (including phenoxy) is 1. The average Bonchev–Trinajstić information content (AvgIpc) is 2.67. The van der Waals surface area contributed by atoms with Crippen molar-refractivity contribution in [2.24, 2.45) is 17.1 Å². The summed E-state index contributed by atoms with van der Waals surface area (Å²) in [4.78, 5) is 0. The molecular formula is C14H19NO. The van der Waals surface area contributed by atoms with Crippen LogP contribution in [-0.4, -0.2) is 12.1 Å². The van der Waals surface area contributed by atoms with Gasteiger partial charge < -0.3 is 10.5 Å². The molecule has 2 fully saturated rings. The summed E-state index contributed by atoms with van der Waals surface area (Å²) >= 11 is 0. The molecule has 2 heteroatoms. The number of fused-ring (bicyclic) bond motifs is 1. The van der Waals surface area contributed by atoms with E-state index >= 15 is 0 Å². The molecule has 2 nitrogen and oxygen atoms in total. The molecule has 1 aromatic carbocycles. The first-order valence-corrected chi connectivity index (χ1v) is 6.11. The van der Waals surface area contributed by atoms with Crippen LogP contribution in [-0.2, 0) is 11.3 Å². The molecule has 0 amide bonds. The Morgan fingerprint density at radius 3 is 2.75 bits per heavy atom. The average molecular weight is 217 g/mol. The minimum atomic E-state index is 0.390. The molecule has 4 atom stereocenters. The molecule has 0 radical (unpaired) electrons. The van der Waals surface area contributed by atoms with E-state index in [0.717, 1.165) is 19.4 Å². The summed E-state index contributed by atoms with van der Waals surface area (Å²) < 4.78 is 5.95. The molecule has 2 N–H and O–H groups in total. The Hall–Kier alpha value is -0.860. The van der Waals surface area contributed by atoms with Crippen LogP contribution in [0.4, 0.5) is 0 Å². The summed E-state index contributed by atoms with van der Waals surface area (Å²) in [6, 6.07) is 10.8. The highest BCUT2D eigenvalue weighted by Crippen LogP contribution is 2.62. The Bertz CT molecular complexity index is 378. The van der Waals surface area contributed by atoms with E-state index in [-0.39, 0.29) is 0 Å². The van der Waals surface area contributed by atoms with Crippen molar-refractivity contribution in [2.45, 2.75) is 38.5 Å². The van der Waals surface area contributed by atoms with Gasteiger partial charge in [0.25, 0.3) is 0 Å². The minimum Gasteiger partial charge on any atom is -0.374 e. The molecule has 2 saturated carbocycles. The van der Waals surface area contributed by atoms with E-state index in [9.17, 15) is 0 Å². The first-order chi connectivity index (χ1) is 7.70. The second kappa shape index (κ2) is 3.57. The summed E-state index contributed by atoms with van der Waals surface area (Å²) in [7, 11) is 0. The van der Waals surface area contributed by atoms with Crippen LogP contribution in [0.3, 0.4) is 0 Å². The van der Waals surface area contributed by atoms with Gasteiger partial charge in [-0.2, -0.15) is 0 Å². The van der Waals surface area contributed by atoms with Gasteiger partial charge >= 0.3 is 0 Å². The van der Waals surface area contributed by atoms with Crippen molar-refractivity contribution in [2.75, 3.05) is 0 Å². The van der Waals surface area contributed by atoms with Gasteiger partial charge in [0, 0.05) is 6.04 Å². The molecule has 2 aliphatic rings. The van der Waals surface area contributed by atoms with Crippen molar-refractivity contribution in [1.82, 2.24) is 0 Å². The van der Waals surface area contributed by atoms with Gasteiger partial charge in [-0.1, -0.05) is 37.3 Å². The standard InChI is InChI=1S/C14H19NO/c1-14-8-11(7-12(14)13(14)15)16-9-10-5-3-2-4-6-10/h2-6,11-13H,7-9,15H2,1H3. The van der Waals surface area contributed by atoms with Crippen LogP contribution in [0.25, 0.3) is 0 Å². The summed E-state index contributed by atoms with van der Waals surface area (Å²) in [6.07, 6.45) is 2.73. The van der Waals surface area contributed by atoms with Crippen LogP contribution in [0.15, 0.2) is 30.3 Å². The Balaban J connectivity index is 1.52. The number of hydrogen-bond acceptors (Lipinski definition) is 2. The molecule has 3 rings (SSSR count). The number of hydrogen-bond donors (Lipinski definition) is 1. The Morgan fingerprint density at radius 1 is 1.38 bits per heavy atom. The quantitative estimate of drug-likeness (QED) is 0.843. The van der Waals surface area contributed by atoms with Crippen LogP contribution in [0.5, 0.6) is 0 Å². The first-order valence-electron chi connectivity index (χ1n) is 6.11. The molecule has 4 unspecified atom stereocenters. The predicted molar refractivity (Wildman–Crippen MR) is 63.8 cm³/mol. The van der Waals surface area contributed by atoms with E-state index in [2.05, 4.69) is 31.2 Å². The number of nitrogens with two attached hydrogens (primary N) is 1. The van der Waals surface area contributed by atoms with Crippen molar-refractivity contribution in [3.05, 3.63) is 35.9 Å². The van der Waals surface area contributed by atoms with Crippen molar-refractivity contribution in [3.8, 4) is 0 Å². The number of rotatable bonds is 3. The van der Waals surface area contributed by atoms with Gasteiger partial charge in [0.15, 0.2) is 0 Å². The maximum atomic E-state index is 6.02. The second-order valence-electron chi connectivity index (χ2n) is 5.50. The van der Waals surface area contributed by atoms with Gasteiger partial charge in [0.2, 0.25) is 0 Å². The van der Waals surface area contributed by atoms with Gasteiger partial charge in [-0.3, -0.25) is 0 Å². The van der Waals surface area contributed by atoms with Crippen LogP contribution >= 0.6 is 0 Å². The van der Waals surface area contributed by atoms with Gasteiger partial charge in [0.05, 0.1) is 12.7 Å². The van der Waals surface area contributed by atoms with E-state index in [1.165, 1.54) is 5.56 Å². The monoisotopic (exact) mass is 217 g/mol. The lowest BCUT2D eigenvalue weighted by Crippen LogP contribution is -2.20. The third kappa shape index (κ3) is 1.57. The maximum absolute atomic E-state index is 6.02. The molecule has 0 spiro atoms. The molecular weight excluding hydrogens is 198 g/mol. The molecule has 0 saturated heterocycles. The van der Waals surface area contributed by atoms with Gasteiger partial charge in [-0.05, 0) is 29.7 Å². The smallest absolute Gasteiger partial charge is 0.0720 e. The predicted octanol–water partition coefficient (Wildman–Crippen LogP) is 2.33. The van der Waals surface area contributed by atoms with E-state index in [0.29, 0.717) is 23.5 Å². The van der Waals surface area contributed by atoms with Crippen LogP contribution in [0.1, 0.15) is 25.3 Å². The molecule has 0 aromatic heterocycles. The summed E-state index contributed by atoms with van der Waals surface area (Å²) in [6.45, 7) is 3.04.